The molecule has 0 fully saturated rings. The number of thiazole rings is 1. The van der Waals surface area contributed by atoms with Crippen molar-refractivity contribution in [2.24, 2.45) is 4.99 Å². The van der Waals surface area contributed by atoms with E-state index in [9.17, 15) is 14.0 Å². The van der Waals surface area contributed by atoms with Crippen molar-refractivity contribution in [1.29, 1.82) is 0 Å². The van der Waals surface area contributed by atoms with E-state index in [4.69, 9.17) is 23.9 Å². The number of methoxy groups -OCH3 is 2. The fourth-order valence-corrected chi connectivity index (χ4v) is 7.02. The van der Waals surface area contributed by atoms with Crippen LogP contribution in [0.4, 0.5) is 4.39 Å². The van der Waals surface area contributed by atoms with Crippen LogP contribution in [0, 0.1) is 5.82 Å². The monoisotopic (exact) mass is 728 g/mol. The van der Waals surface area contributed by atoms with E-state index < -0.39 is 12.0 Å². The fourth-order valence-electron chi connectivity index (χ4n) is 5.45. The summed E-state index contributed by atoms with van der Waals surface area (Å²) in [5, 5.41) is 0. The van der Waals surface area contributed by atoms with Gasteiger partial charge in [0.05, 0.1) is 47.1 Å². The number of esters is 1. The van der Waals surface area contributed by atoms with Crippen LogP contribution in [0.3, 0.4) is 0 Å². The number of hydrogen-bond acceptors (Lipinski definition) is 8. The molecule has 0 bridgehead atoms. The maximum Gasteiger partial charge on any atom is 0.338 e. The molecule has 1 aliphatic rings. The Morgan fingerprint density at radius 1 is 1.00 bits per heavy atom. The zero-order chi connectivity index (χ0) is 33.8. The van der Waals surface area contributed by atoms with Crippen molar-refractivity contribution < 1.29 is 28.1 Å². The van der Waals surface area contributed by atoms with E-state index in [1.165, 1.54) is 29.1 Å². The first-order chi connectivity index (χ1) is 23.3. The number of aromatic nitrogens is 1. The highest BCUT2D eigenvalue weighted by Gasteiger charge is 2.35. The Labute approximate surface area is 288 Å². The van der Waals surface area contributed by atoms with Gasteiger partial charge in [-0.1, -0.05) is 72.0 Å². The predicted octanol–water partition coefficient (Wildman–Crippen LogP) is 6.43. The standard InChI is InChI=1S/C37H30BrFN2O6S/c1-4-46-36(43)31-32(23-11-6-5-7-12-23)40-37-41(33(31)24-14-10-15-26(20-24)44-2)35(42)30(48-37)19-22-17-27(38)34(29(18-22)45-3)47-21-25-13-8-9-16-28(25)39/h5-20,33H,4,21H2,1-3H3/b30-19-/t33-/m0/s1. The second-order valence-corrected chi connectivity index (χ2v) is 12.5. The molecule has 0 aliphatic carbocycles. The van der Waals surface area contributed by atoms with Gasteiger partial charge in [0.1, 0.15) is 18.2 Å². The van der Waals surface area contributed by atoms with Gasteiger partial charge in [0.15, 0.2) is 16.3 Å². The molecule has 0 spiro atoms. The molecular weight excluding hydrogens is 699 g/mol. The van der Waals surface area contributed by atoms with E-state index in [1.807, 2.05) is 42.5 Å². The molecule has 0 N–H and O–H groups in total. The van der Waals surface area contributed by atoms with Gasteiger partial charge in [-0.3, -0.25) is 9.36 Å². The molecule has 6 rings (SSSR count). The highest BCUT2D eigenvalue weighted by atomic mass is 79.9. The molecule has 2 heterocycles. The molecule has 5 aromatic rings. The average Bonchev–Trinajstić information content (AvgIpc) is 3.41. The molecule has 1 aliphatic heterocycles. The summed E-state index contributed by atoms with van der Waals surface area (Å²) < 4.78 is 39.3. The van der Waals surface area contributed by atoms with E-state index in [0.29, 0.717) is 59.0 Å². The van der Waals surface area contributed by atoms with Crippen molar-refractivity contribution in [2.45, 2.75) is 19.6 Å². The molecule has 1 aromatic heterocycles. The van der Waals surface area contributed by atoms with Gasteiger partial charge in [0.2, 0.25) is 0 Å². The smallest absolute Gasteiger partial charge is 0.338 e. The number of ether oxygens (including phenoxy) is 4. The van der Waals surface area contributed by atoms with Crippen LogP contribution in [0.2, 0.25) is 0 Å². The number of hydrogen-bond donors (Lipinski definition) is 0. The molecule has 0 saturated carbocycles. The van der Waals surface area contributed by atoms with E-state index in [2.05, 4.69) is 15.9 Å². The first-order valence-corrected chi connectivity index (χ1v) is 16.6. The van der Waals surface area contributed by atoms with Crippen molar-refractivity contribution >= 4 is 45.0 Å². The SMILES string of the molecule is CCOC(=O)C1=C(c2ccccc2)N=c2s/c(=C\c3cc(Br)c(OCc4ccccc4F)c(OC)c3)c(=O)n2[C@H]1c1cccc(OC)c1. The Kier molecular flexibility index (Phi) is 9.88. The summed E-state index contributed by atoms with van der Waals surface area (Å²) >= 11 is 4.76. The van der Waals surface area contributed by atoms with Gasteiger partial charge in [-0.25, -0.2) is 14.2 Å². The van der Waals surface area contributed by atoms with Gasteiger partial charge in [0.25, 0.3) is 5.56 Å². The first-order valence-electron chi connectivity index (χ1n) is 15.0. The molecule has 0 amide bonds. The zero-order valence-corrected chi connectivity index (χ0v) is 28.6. The van der Waals surface area contributed by atoms with Crippen LogP contribution in [-0.2, 0) is 16.1 Å². The highest BCUT2D eigenvalue weighted by Crippen LogP contribution is 2.38. The topological polar surface area (TPSA) is 88.4 Å². The van der Waals surface area contributed by atoms with E-state index >= 15 is 0 Å². The third kappa shape index (κ3) is 6.56. The van der Waals surface area contributed by atoms with Crippen LogP contribution < -0.4 is 29.1 Å². The molecule has 1 atom stereocenters. The van der Waals surface area contributed by atoms with Gasteiger partial charge in [-0.2, -0.15) is 0 Å². The summed E-state index contributed by atoms with van der Waals surface area (Å²) in [6.45, 7) is 1.88. The van der Waals surface area contributed by atoms with Crippen LogP contribution in [0.15, 0.2) is 111 Å². The van der Waals surface area contributed by atoms with Crippen LogP contribution >= 0.6 is 27.3 Å². The number of halogens is 2. The number of benzene rings is 4. The molecule has 4 aromatic carbocycles. The molecule has 244 valence electrons. The zero-order valence-electron chi connectivity index (χ0n) is 26.2. The maximum atomic E-state index is 14.3. The van der Waals surface area contributed by atoms with E-state index in [-0.39, 0.29) is 30.2 Å². The summed E-state index contributed by atoms with van der Waals surface area (Å²) in [5.41, 5.74) is 2.76. The molecule has 0 unspecified atom stereocenters. The largest absolute Gasteiger partial charge is 0.497 e. The first kappa shape index (κ1) is 32.9. The normalized spacial score (nSPS) is 14.3. The summed E-state index contributed by atoms with van der Waals surface area (Å²) in [7, 11) is 3.07. The maximum absolute atomic E-state index is 14.3. The molecule has 8 nitrogen and oxygen atoms in total. The molecular formula is C37H30BrFN2O6S. The summed E-state index contributed by atoms with van der Waals surface area (Å²) in [6, 6.07) is 25.7. The lowest BCUT2D eigenvalue weighted by atomic mass is 9.93. The lowest BCUT2D eigenvalue weighted by Gasteiger charge is -2.26. The van der Waals surface area contributed by atoms with Crippen molar-refractivity contribution in [3.63, 3.8) is 0 Å². The van der Waals surface area contributed by atoms with Gasteiger partial charge < -0.3 is 18.9 Å². The number of rotatable bonds is 10. The Bertz CT molecular complexity index is 2210. The van der Waals surface area contributed by atoms with Crippen LogP contribution in [-0.4, -0.2) is 31.4 Å². The molecule has 11 heteroatoms. The summed E-state index contributed by atoms with van der Waals surface area (Å²) in [6.07, 6.45) is 1.73. The number of carbonyl (C=O) groups is 1. The minimum Gasteiger partial charge on any atom is -0.497 e. The number of nitrogens with zero attached hydrogens (tertiary/aromatic N) is 2. The second kappa shape index (κ2) is 14.4. The quantitative estimate of drug-likeness (QED) is 0.154. The summed E-state index contributed by atoms with van der Waals surface area (Å²) in [5.74, 6) is 0.425. The Hall–Kier alpha value is -5.00. The Balaban J connectivity index is 1.51. The van der Waals surface area contributed by atoms with E-state index in [0.717, 1.165) is 0 Å². The van der Waals surface area contributed by atoms with Gasteiger partial charge in [0, 0.05) is 11.1 Å². The van der Waals surface area contributed by atoms with Crippen molar-refractivity contribution in [2.75, 3.05) is 20.8 Å². The van der Waals surface area contributed by atoms with Crippen LogP contribution in [0.25, 0.3) is 11.8 Å². The van der Waals surface area contributed by atoms with Crippen molar-refractivity contribution in [1.82, 2.24) is 4.57 Å². The minimum absolute atomic E-state index is 0.00357. The molecule has 0 radical (unpaired) electrons. The Morgan fingerprint density at radius 2 is 1.77 bits per heavy atom. The van der Waals surface area contributed by atoms with Gasteiger partial charge in [-0.05, 0) is 70.4 Å². The van der Waals surface area contributed by atoms with Crippen LogP contribution in [0.5, 0.6) is 17.2 Å². The molecule has 48 heavy (non-hydrogen) atoms. The lowest BCUT2D eigenvalue weighted by molar-refractivity contribution is -0.138. The predicted molar refractivity (Wildman–Crippen MR) is 185 cm³/mol. The third-order valence-electron chi connectivity index (χ3n) is 7.66. The minimum atomic E-state index is -0.844. The molecule has 0 saturated heterocycles. The average molecular weight is 730 g/mol. The van der Waals surface area contributed by atoms with Crippen molar-refractivity contribution in [3.8, 4) is 17.2 Å². The highest BCUT2D eigenvalue weighted by molar-refractivity contribution is 9.10. The van der Waals surface area contributed by atoms with E-state index in [1.54, 1.807) is 62.6 Å². The summed E-state index contributed by atoms with van der Waals surface area (Å²) in [4.78, 5) is 33.3. The number of carbonyl (C=O) groups excluding carboxylic acids is 1. The fraction of sp³-hybridized carbons (Fsp3) is 0.162. The second-order valence-electron chi connectivity index (χ2n) is 10.6. The third-order valence-corrected chi connectivity index (χ3v) is 9.23. The lowest BCUT2D eigenvalue weighted by Crippen LogP contribution is -2.40. The van der Waals surface area contributed by atoms with Gasteiger partial charge in [-0.15, -0.1) is 0 Å². The van der Waals surface area contributed by atoms with Gasteiger partial charge >= 0.3 is 5.97 Å². The van der Waals surface area contributed by atoms with Crippen LogP contribution in [0.1, 0.15) is 35.2 Å². The van der Waals surface area contributed by atoms with Crippen molar-refractivity contribution in [3.05, 3.63) is 149 Å². The Morgan fingerprint density at radius 3 is 2.50 bits per heavy atom. The number of fused-ring (bicyclic) bond motifs is 1.